The zero-order valence-electron chi connectivity index (χ0n) is 8.78. The van der Waals surface area contributed by atoms with Crippen LogP contribution < -0.4 is 0 Å². The van der Waals surface area contributed by atoms with E-state index < -0.39 is 0 Å². The highest BCUT2D eigenvalue weighted by Gasteiger charge is 2.30. The second-order valence-corrected chi connectivity index (χ2v) is 5.10. The third-order valence-corrected chi connectivity index (χ3v) is 3.90. The van der Waals surface area contributed by atoms with Crippen LogP contribution in [0.5, 0.6) is 0 Å². The van der Waals surface area contributed by atoms with Gasteiger partial charge in [0, 0.05) is 10.8 Å². The van der Waals surface area contributed by atoms with Crippen LogP contribution in [-0.2, 0) is 4.74 Å². The Balaban J connectivity index is 1.99. The van der Waals surface area contributed by atoms with Gasteiger partial charge in [0.05, 0.1) is 12.7 Å². The number of hydrogen-bond donors (Lipinski definition) is 1. The van der Waals surface area contributed by atoms with Gasteiger partial charge in [-0.1, -0.05) is 18.6 Å². The molecule has 0 amide bonds. The van der Waals surface area contributed by atoms with Crippen LogP contribution in [0.25, 0.3) is 0 Å². The number of thiol groups is 1. The molecule has 1 fully saturated rings. The molecule has 0 aromatic carbocycles. The summed E-state index contributed by atoms with van der Waals surface area (Å²) in [6.45, 7) is 0.845. The number of hydrogen-bond acceptors (Lipinski definition) is 2. The Hall–Kier alpha value is -0.470. The highest BCUT2D eigenvalue weighted by atomic mass is 32.1. The van der Waals surface area contributed by atoms with Crippen molar-refractivity contribution in [3.05, 3.63) is 34.3 Å². The zero-order valence-corrected chi connectivity index (χ0v) is 9.67. The average Bonchev–Trinajstić information content (AvgIpc) is 2.28. The normalized spacial score (nSPS) is 34.6. The molecule has 3 aliphatic rings. The van der Waals surface area contributed by atoms with Crippen LogP contribution >= 0.6 is 12.6 Å². The quantitative estimate of drug-likeness (QED) is 0.616. The first-order valence-electron chi connectivity index (χ1n) is 5.78. The van der Waals surface area contributed by atoms with E-state index in [-0.39, 0.29) is 0 Å². The Labute approximate surface area is 96.3 Å². The molecule has 3 rings (SSSR count). The van der Waals surface area contributed by atoms with Gasteiger partial charge in [-0.2, -0.15) is 0 Å². The van der Waals surface area contributed by atoms with E-state index in [4.69, 9.17) is 4.74 Å². The van der Waals surface area contributed by atoms with E-state index >= 15 is 0 Å². The van der Waals surface area contributed by atoms with Crippen LogP contribution in [0.15, 0.2) is 34.3 Å². The molecule has 1 heterocycles. The Morgan fingerprint density at radius 3 is 3.13 bits per heavy atom. The van der Waals surface area contributed by atoms with Crippen molar-refractivity contribution in [3.8, 4) is 0 Å². The largest absolute Gasteiger partial charge is 0.373 e. The van der Waals surface area contributed by atoms with Gasteiger partial charge in [0.25, 0.3) is 0 Å². The lowest BCUT2D eigenvalue weighted by atomic mass is 9.80. The number of rotatable bonds is 0. The van der Waals surface area contributed by atoms with Crippen LogP contribution in [0, 0.1) is 5.92 Å². The molecule has 1 nitrogen and oxygen atoms in total. The average molecular weight is 220 g/mol. The topological polar surface area (TPSA) is 9.23 Å². The van der Waals surface area contributed by atoms with E-state index in [9.17, 15) is 0 Å². The number of allylic oxidation sites excluding steroid dienone is 2. The van der Waals surface area contributed by atoms with Crippen LogP contribution in [0.4, 0.5) is 0 Å². The van der Waals surface area contributed by atoms with Gasteiger partial charge < -0.3 is 4.74 Å². The molecule has 0 bridgehead atoms. The first-order chi connectivity index (χ1) is 7.34. The molecule has 2 unspecified atom stereocenters. The Morgan fingerprint density at radius 2 is 2.20 bits per heavy atom. The SMILES string of the molecule is SC1=CC2COC3CCCCC3=C2C=C1. The highest BCUT2D eigenvalue weighted by Crippen LogP contribution is 2.38. The van der Waals surface area contributed by atoms with Crippen molar-refractivity contribution in [1.82, 2.24) is 0 Å². The molecule has 80 valence electrons. The minimum Gasteiger partial charge on any atom is -0.373 e. The second-order valence-electron chi connectivity index (χ2n) is 4.58. The van der Waals surface area contributed by atoms with E-state index in [2.05, 4.69) is 30.9 Å². The Kier molecular flexibility index (Phi) is 2.49. The van der Waals surface area contributed by atoms with Crippen molar-refractivity contribution in [2.75, 3.05) is 6.61 Å². The number of fused-ring (bicyclic) bond motifs is 2. The molecule has 0 spiro atoms. The first kappa shape index (κ1) is 9.73. The monoisotopic (exact) mass is 220 g/mol. The lowest BCUT2D eigenvalue weighted by Crippen LogP contribution is -2.31. The van der Waals surface area contributed by atoms with Gasteiger partial charge >= 0.3 is 0 Å². The van der Waals surface area contributed by atoms with Crippen molar-refractivity contribution in [2.45, 2.75) is 31.8 Å². The van der Waals surface area contributed by atoms with Crippen LogP contribution in [-0.4, -0.2) is 12.7 Å². The summed E-state index contributed by atoms with van der Waals surface area (Å²) < 4.78 is 5.93. The van der Waals surface area contributed by atoms with Gasteiger partial charge in [-0.05, 0) is 36.5 Å². The van der Waals surface area contributed by atoms with E-state index in [1.54, 1.807) is 5.57 Å². The lowest BCUT2D eigenvalue weighted by molar-refractivity contribution is 0.0365. The zero-order chi connectivity index (χ0) is 10.3. The van der Waals surface area contributed by atoms with E-state index in [0.29, 0.717) is 12.0 Å². The number of ether oxygens (including phenoxy) is 1. The molecule has 1 saturated carbocycles. The molecule has 0 N–H and O–H groups in total. The second kappa shape index (κ2) is 3.84. The minimum absolute atomic E-state index is 0.421. The van der Waals surface area contributed by atoms with Crippen molar-refractivity contribution < 1.29 is 4.74 Å². The molecule has 0 radical (unpaired) electrons. The van der Waals surface area contributed by atoms with Crippen LogP contribution in [0.3, 0.4) is 0 Å². The standard InChI is InChI=1S/C13H16OS/c15-10-5-6-11-9(7-10)8-14-13-4-2-1-3-12(11)13/h5-7,9,13,15H,1-4,8H2. The predicted molar refractivity (Wildman–Crippen MR) is 64.9 cm³/mol. The molecule has 2 heteroatoms. The summed E-state index contributed by atoms with van der Waals surface area (Å²) in [6, 6.07) is 0. The first-order valence-corrected chi connectivity index (χ1v) is 6.23. The van der Waals surface area contributed by atoms with Gasteiger partial charge in [-0.25, -0.2) is 0 Å². The molecule has 0 saturated heterocycles. The minimum atomic E-state index is 0.421. The van der Waals surface area contributed by atoms with Crippen LogP contribution in [0.2, 0.25) is 0 Å². The van der Waals surface area contributed by atoms with Gasteiger partial charge in [0.1, 0.15) is 0 Å². The highest BCUT2D eigenvalue weighted by molar-refractivity contribution is 7.84. The third kappa shape index (κ3) is 1.70. The van der Waals surface area contributed by atoms with Crippen molar-refractivity contribution in [2.24, 2.45) is 5.92 Å². The fraction of sp³-hybridized carbons (Fsp3) is 0.538. The maximum atomic E-state index is 5.93. The summed E-state index contributed by atoms with van der Waals surface area (Å²) in [4.78, 5) is 1.07. The molecule has 2 atom stereocenters. The summed E-state index contributed by atoms with van der Waals surface area (Å²) in [5.41, 5.74) is 3.08. The van der Waals surface area contributed by atoms with Gasteiger partial charge in [0.15, 0.2) is 0 Å². The van der Waals surface area contributed by atoms with Gasteiger partial charge in [-0.3, -0.25) is 0 Å². The predicted octanol–water partition coefficient (Wildman–Crippen LogP) is 3.26. The van der Waals surface area contributed by atoms with Crippen molar-refractivity contribution in [1.29, 1.82) is 0 Å². The maximum Gasteiger partial charge on any atom is 0.0791 e. The van der Waals surface area contributed by atoms with Gasteiger partial charge in [-0.15, -0.1) is 12.6 Å². The smallest absolute Gasteiger partial charge is 0.0791 e. The Bertz CT molecular complexity index is 365. The van der Waals surface area contributed by atoms with E-state index in [1.807, 2.05) is 0 Å². The van der Waals surface area contributed by atoms with Crippen LogP contribution in [0.1, 0.15) is 25.7 Å². The fourth-order valence-corrected chi connectivity index (χ4v) is 3.10. The molecular weight excluding hydrogens is 204 g/mol. The molecule has 0 aromatic heterocycles. The van der Waals surface area contributed by atoms with Crippen molar-refractivity contribution >= 4 is 12.6 Å². The maximum absolute atomic E-state index is 5.93. The lowest BCUT2D eigenvalue weighted by Gasteiger charge is -2.36. The van der Waals surface area contributed by atoms with Gasteiger partial charge in [0.2, 0.25) is 0 Å². The summed E-state index contributed by atoms with van der Waals surface area (Å²) in [5, 5.41) is 0. The van der Waals surface area contributed by atoms with E-state index in [1.165, 1.54) is 31.3 Å². The fourth-order valence-electron chi connectivity index (χ4n) is 2.85. The molecule has 2 aliphatic carbocycles. The summed E-state index contributed by atoms with van der Waals surface area (Å²) >= 11 is 4.39. The summed E-state index contributed by atoms with van der Waals surface area (Å²) in [5.74, 6) is 0.465. The Morgan fingerprint density at radius 1 is 1.27 bits per heavy atom. The summed E-state index contributed by atoms with van der Waals surface area (Å²) in [6.07, 6.45) is 12.1. The summed E-state index contributed by atoms with van der Waals surface area (Å²) in [7, 11) is 0. The van der Waals surface area contributed by atoms with E-state index in [0.717, 1.165) is 11.5 Å². The van der Waals surface area contributed by atoms with Crippen molar-refractivity contribution in [3.63, 3.8) is 0 Å². The molecule has 15 heavy (non-hydrogen) atoms. The molecule has 1 aliphatic heterocycles. The molecular formula is C13H16OS. The third-order valence-electron chi connectivity index (χ3n) is 3.60. The molecule has 0 aromatic rings.